The first kappa shape index (κ1) is 24.1. The number of carbonyl (C=O) groups excluding carboxylic acids is 1. The molecule has 0 unspecified atom stereocenters. The van der Waals surface area contributed by atoms with Gasteiger partial charge in [-0.05, 0) is 74.5 Å². The predicted octanol–water partition coefficient (Wildman–Crippen LogP) is 5.23. The van der Waals surface area contributed by atoms with Crippen LogP contribution in [0.25, 0.3) is 10.9 Å². The molecule has 1 saturated heterocycles. The third-order valence-electron chi connectivity index (χ3n) is 7.01. The van der Waals surface area contributed by atoms with Crippen molar-refractivity contribution in [1.29, 1.82) is 0 Å². The zero-order valence-corrected chi connectivity index (χ0v) is 22.5. The number of amides is 1. The second-order valence-electron chi connectivity index (χ2n) is 10.4. The third kappa shape index (κ3) is 3.79. The predicted molar refractivity (Wildman–Crippen MR) is 143 cm³/mol. The van der Waals surface area contributed by atoms with Gasteiger partial charge in [0, 0.05) is 44.1 Å². The molecule has 3 heterocycles. The van der Waals surface area contributed by atoms with Crippen LogP contribution in [0.2, 0.25) is 0 Å². The number of likely N-dealkylation sites (tertiary alicyclic amines) is 1. The fraction of sp³-hybridized carbons (Fsp3) is 0.423. The quantitative estimate of drug-likeness (QED) is 0.237. The molecule has 3 aromatic rings. The Morgan fingerprint density at radius 1 is 1.23 bits per heavy atom. The Bertz CT molecular complexity index is 1330. The molecule has 8 nitrogen and oxygen atoms in total. The summed E-state index contributed by atoms with van der Waals surface area (Å²) in [7, 11) is 2.04. The summed E-state index contributed by atoms with van der Waals surface area (Å²) in [6.45, 7) is 6.31. The monoisotopic (exact) mass is 588 g/mol. The fourth-order valence-corrected chi connectivity index (χ4v) is 6.51. The molecule has 5 rings (SSSR count). The molecule has 0 saturated carbocycles. The molecular weight excluding hydrogens is 559 g/mol. The Labute approximate surface area is 218 Å². The van der Waals surface area contributed by atoms with Crippen LogP contribution in [0.5, 0.6) is 0 Å². The Balaban J connectivity index is 1.75. The van der Waals surface area contributed by atoms with Gasteiger partial charge in [0.2, 0.25) is 6.54 Å². The van der Waals surface area contributed by atoms with Gasteiger partial charge < -0.3 is 9.30 Å². The van der Waals surface area contributed by atoms with E-state index in [2.05, 4.69) is 50.4 Å². The zero-order valence-electron chi connectivity index (χ0n) is 20.3. The van der Waals surface area contributed by atoms with Gasteiger partial charge in [-0.15, -0.1) is 0 Å². The SMILES string of the molecule is CN1CC[C@@]2(n3cc(CC[N+](=O)[O-])c4ccccc43)c3cccc(I)c3N(C(=O)OC(C)(C)C)[C@@H]12. The fourth-order valence-electron chi connectivity index (χ4n) is 5.75. The summed E-state index contributed by atoms with van der Waals surface area (Å²) in [6.07, 6.45) is 2.57. The highest BCUT2D eigenvalue weighted by molar-refractivity contribution is 14.1. The van der Waals surface area contributed by atoms with E-state index in [-0.39, 0.29) is 23.7 Å². The number of hydrogen-bond donors (Lipinski definition) is 0. The number of hydrogen-bond acceptors (Lipinski definition) is 5. The molecule has 1 aromatic heterocycles. The van der Waals surface area contributed by atoms with Crippen LogP contribution >= 0.6 is 22.6 Å². The molecule has 2 aromatic carbocycles. The first-order valence-electron chi connectivity index (χ1n) is 11.8. The summed E-state index contributed by atoms with van der Waals surface area (Å²) < 4.78 is 9.15. The number of likely N-dealkylation sites (N-methyl/N-ethyl adjacent to an activating group) is 1. The van der Waals surface area contributed by atoms with Gasteiger partial charge in [-0.25, -0.2) is 4.79 Å². The molecule has 0 N–H and O–H groups in total. The van der Waals surface area contributed by atoms with Crippen LogP contribution in [-0.4, -0.2) is 52.4 Å². The maximum Gasteiger partial charge on any atom is 0.416 e. The second-order valence-corrected chi connectivity index (χ2v) is 11.5. The first-order valence-corrected chi connectivity index (χ1v) is 12.8. The van der Waals surface area contributed by atoms with Crippen molar-refractivity contribution in [2.75, 3.05) is 25.0 Å². The van der Waals surface area contributed by atoms with E-state index in [4.69, 9.17) is 4.74 Å². The van der Waals surface area contributed by atoms with E-state index >= 15 is 0 Å². The van der Waals surface area contributed by atoms with Gasteiger partial charge in [-0.2, -0.15) is 0 Å². The number of nitrogens with zero attached hydrogens (tertiary/aromatic N) is 4. The molecule has 2 aliphatic heterocycles. The topological polar surface area (TPSA) is 80.9 Å². The molecule has 2 aliphatic rings. The molecule has 1 amide bonds. The number of carbonyl (C=O) groups is 1. The molecular formula is C26H29IN4O4. The van der Waals surface area contributed by atoms with E-state index in [1.807, 2.05) is 63.1 Å². The number of ether oxygens (including phenoxy) is 1. The summed E-state index contributed by atoms with van der Waals surface area (Å²) in [5.74, 6) is 0. The number of para-hydroxylation sites is 2. The van der Waals surface area contributed by atoms with Gasteiger partial charge in [0.15, 0.2) is 0 Å². The lowest BCUT2D eigenvalue weighted by atomic mass is 9.88. The van der Waals surface area contributed by atoms with Crippen molar-refractivity contribution in [3.05, 3.63) is 73.5 Å². The van der Waals surface area contributed by atoms with Gasteiger partial charge >= 0.3 is 6.09 Å². The Morgan fingerprint density at radius 3 is 2.69 bits per heavy atom. The lowest BCUT2D eigenvalue weighted by molar-refractivity contribution is -0.479. The van der Waals surface area contributed by atoms with Crippen molar-refractivity contribution in [1.82, 2.24) is 9.47 Å². The van der Waals surface area contributed by atoms with Crippen molar-refractivity contribution in [2.24, 2.45) is 0 Å². The van der Waals surface area contributed by atoms with Crippen LogP contribution in [-0.2, 0) is 16.7 Å². The summed E-state index contributed by atoms with van der Waals surface area (Å²) in [4.78, 5) is 28.6. The number of aromatic nitrogens is 1. The van der Waals surface area contributed by atoms with Crippen molar-refractivity contribution in [3.63, 3.8) is 0 Å². The van der Waals surface area contributed by atoms with Gasteiger partial charge in [0.25, 0.3) is 0 Å². The van der Waals surface area contributed by atoms with Crippen molar-refractivity contribution >= 4 is 45.3 Å². The molecule has 35 heavy (non-hydrogen) atoms. The highest BCUT2D eigenvalue weighted by Gasteiger charge is 2.60. The smallest absolute Gasteiger partial charge is 0.416 e. The van der Waals surface area contributed by atoms with Crippen molar-refractivity contribution in [3.8, 4) is 0 Å². The first-order chi connectivity index (χ1) is 16.5. The van der Waals surface area contributed by atoms with Crippen LogP contribution in [0.15, 0.2) is 48.7 Å². The summed E-state index contributed by atoms with van der Waals surface area (Å²) in [5, 5.41) is 12.2. The summed E-state index contributed by atoms with van der Waals surface area (Å²) in [5.41, 5.74) is 2.74. The number of rotatable bonds is 4. The third-order valence-corrected chi connectivity index (χ3v) is 7.88. The van der Waals surface area contributed by atoms with Gasteiger partial charge in [-0.3, -0.25) is 19.9 Å². The molecule has 0 spiro atoms. The van der Waals surface area contributed by atoms with Crippen molar-refractivity contribution in [2.45, 2.75) is 50.9 Å². The number of fused-ring (bicyclic) bond motifs is 4. The molecule has 0 bridgehead atoms. The standard InChI is InChI=1S/C26H29IN4O4/c1-25(2,3)35-24(32)31-22-19(9-7-10-20(22)27)26(13-15-28(4)23(26)31)29-16-17(12-14-30(33)34)18-8-5-6-11-21(18)29/h5-11,16,23H,12-15H2,1-4H3/t23-,26-/m1/s1. The minimum atomic E-state index is -0.629. The second kappa shape index (κ2) is 8.48. The average Bonchev–Trinajstić information content (AvgIpc) is 3.41. The van der Waals surface area contributed by atoms with Gasteiger partial charge in [0.05, 0.1) is 5.69 Å². The van der Waals surface area contributed by atoms with E-state index in [1.54, 1.807) is 0 Å². The summed E-state index contributed by atoms with van der Waals surface area (Å²) in [6, 6.07) is 14.2. The van der Waals surface area contributed by atoms with Crippen LogP contribution in [0, 0.1) is 13.7 Å². The highest BCUT2D eigenvalue weighted by Crippen LogP contribution is 2.55. The average molecular weight is 588 g/mol. The van der Waals surface area contributed by atoms with E-state index in [0.717, 1.165) is 44.3 Å². The highest BCUT2D eigenvalue weighted by atomic mass is 127. The molecule has 9 heteroatoms. The lowest BCUT2D eigenvalue weighted by Crippen LogP contribution is -2.54. The minimum absolute atomic E-state index is 0.122. The summed E-state index contributed by atoms with van der Waals surface area (Å²) >= 11 is 2.30. The van der Waals surface area contributed by atoms with Crippen LogP contribution < -0.4 is 4.90 Å². The normalized spacial score (nSPS) is 21.9. The lowest BCUT2D eigenvalue weighted by Gasteiger charge is -2.38. The molecule has 184 valence electrons. The molecule has 1 fully saturated rings. The maximum absolute atomic E-state index is 13.7. The Kier molecular flexibility index (Phi) is 5.83. The van der Waals surface area contributed by atoms with E-state index < -0.39 is 11.1 Å². The molecule has 2 atom stereocenters. The Hall–Kier alpha value is -2.66. The molecule has 0 aliphatic carbocycles. The van der Waals surface area contributed by atoms with Crippen LogP contribution in [0.4, 0.5) is 10.5 Å². The van der Waals surface area contributed by atoms with Gasteiger partial charge in [-0.1, -0.05) is 30.3 Å². The van der Waals surface area contributed by atoms with Crippen molar-refractivity contribution < 1.29 is 14.5 Å². The van der Waals surface area contributed by atoms with Gasteiger partial charge in [0.1, 0.15) is 17.3 Å². The zero-order chi connectivity index (χ0) is 25.1. The number of halogens is 1. The Morgan fingerprint density at radius 2 is 1.97 bits per heavy atom. The van der Waals surface area contributed by atoms with E-state index in [1.165, 1.54) is 0 Å². The maximum atomic E-state index is 13.7. The molecule has 0 radical (unpaired) electrons. The number of benzene rings is 2. The number of nitro groups is 1. The minimum Gasteiger partial charge on any atom is -0.443 e. The van der Waals surface area contributed by atoms with E-state index in [9.17, 15) is 14.9 Å². The van der Waals surface area contributed by atoms with E-state index in [0.29, 0.717) is 6.42 Å². The van der Waals surface area contributed by atoms with Crippen LogP contribution in [0.1, 0.15) is 38.3 Å². The number of anilines is 1. The van der Waals surface area contributed by atoms with Crippen LogP contribution in [0.3, 0.4) is 0 Å². The largest absolute Gasteiger partial charge is 0.443 e.